The fourth-order valence-corrected chi connectivity index (χ4v) is 2.25. The Balaban J connectivity index is 1.87. The van der Waals surface area contributed by atoms with Crippen LogP contribution in [-0.4, -0.2) is 22.1 Å². The highest BCUT2D eigenvalue weighted by atomic mass is 35.5. The van der Waals surface area contributed by atoms with Gasteiger partial charge in [0.1, 0.15) is 0 Å². The second-order valence-electron chi connectivity index (χ2n) is 4.82. The molecule has 120 valence electrons. The number of rotatable bonds is 5. The van der Waals surface area contributed by atoms with Gasteiger partial charge in [-0.25, -0.2) is 4.98 Å². The van der Waals surface area contributed by atoms with Gasteiger partial charge in [0.25, 0.3) is 0 Å². The number of nitrogens with one attached hydrogen (secondary N) is 2. The third-order valence-corrected chi connectivity index (χ3v) is 3.87. The van der Waals surface area contributed by atoms with E-state index in [4.69, 9.17) is 28.5 Å². The monoisotopic (exact) mass is 350 g/mol. The topological polar surface area (TPSA) is 78.0 Å². The fourth-order valence-electron chi connectivity index (χ4n) is 1.95. The summed E-state index contributed by atoms with van der Waals surface area (Å²) in [7, 11) is 0. The molecule has 6 nitrogen and oxygen atoms in total. The number of anilines is 1. The summed E-state index contributed by atoms with van der Waals surface area (Å²) < 4.78 is 2.06. The van der Waals surface area contributed by atoms with Crippen LogP contribution < -0.4 is 10.6 Å². The Morgan fingerprint density at radius 1 is 1.39 bits per heavy atom. The lowest BCUT2D eigenvalue weighted by Crippen LogP contribution is -2.31. The number of nitrogens with zero attached hydrogens (tertiary/aromatic N) is 4. The van der Waals surface area contributed by atoms with Crippen molar-refractivity contribution in [2.24, 2.45) is 4.99 Å². The van der Waals surface area contributed by atoms with Crippen molar-refractivity contribution in [3.8, 4) is 6.19 Å². The number of aliphatic imine (C=N–C) groups is 1. The predicted octanol–water partition coefficient (Wildman–Crippen LogP) is 3.43. The third-order valence-electron chi connectivity index (χ3n) is 3.13. The molecule has 0 bridgehead atoms. The quantitative estimate of drug-likeness (QED) is 0.374. The first-order valence-corrected chi connectivity index (χ1v) is 7.75. The Kier molecular flexibility index (Phi) is 6.27. The molecule has 2 rings (SSSR count). The number of nitriles is 1. The van der Waals surface area contributed by atoms with Crippen molar-refractivity contribution in [1.29, 1.82) is 5.26 Å². The molecule has 0 aliphatic carbocycles. The van der Waals surface area contributed by atoms with Crippen LogP contribution in [0.1, 0.15) is 12.1 Å². The van der Waals surface area contributed by atoms with Gasteiger partial charge in [-0.1, -0.05) is 23.2 Å². The summed E-state index contributed by atoms with van der Waals surface area (Å²) in [4.78, 5) is 7.80. The lowest BCUT2D eigenvalue weighted by Gasteiger charge is -2.12. The summed E-state index contributed by atoms with van der Waals surface area (Å²) in [5.41, 5.74) is 1.82. The van der Waals surface area contributed by atoms with E-state index in [0.717, 1.165) is 18.7 Å². The molecule has 0 spiro atoms. The van der Waals surface area contributed by atoms with Crippen molar-refractivity contribution in [2.45, 2.75) is 19.9 Å². The molecular weight excluding hydrogens is 335 g/mol. The third kappa shape index (κ3) is 5.16. The largest absolute Gasteiger partial charge is 0.355 e. The van der Waals surface area contributed by atoms with Gasteiger partial charge in [-0.15, -0.1) is 4.99 Å². The lowest BCUT2D eigenvalue weighted by atomic mass is 10.3. The normalized spacial score (nSPS) is 11.1. The number of hydrogen-bond acceptors (Lipinski definition) is 3. The molecule has 0 radical (unpaired) electrons. The van der Waals surface area contributed by atoms with E-state index in [0.29, 0.717) is 28.2 Å². The summed E-state index contributed by atoms with van der Waals surface area (Å²) in [5, 5.41) is 15.8. The summed E-state index contributed by atoms with van der Waals surface area (Å²) in [6.07, 6.45) is 6.25. The Morgan fingerprint density at radius 2 is 2.22 bits per heavy atom. The Bertz CT molecular complexity index is 732. The molecule has 0 saturated carbocycles. The first kappa shape index (κ1) is 17.1. The molecule has 1 heterocycles. The van der Waals surface area contributed by atoms with E-state index in [9.17, 15) is 0 Å². The molecule has 0 aliphatic rings. The van der Waals surface area contributed by atoms with E-state index in [-0.39, 0.29) is 0 Å². The van der Waals surface area contributed by atoms with Crippen molar-refractivity contribution < 1.29 is 0 Å². The van der Waals surface area contributed by atoms with Gasteiger partial charge in [0, 0.05) is 30.7 Å². The first-order chi connectivity index (χ1) is 11.1. The van der Waals surface area contributed by atoms with E-state index in [2.05, 4.69) is 25.2 Å². The van der Waals surface area contributed by atoms with Gasteiger partial charge in [-0.05, 0) is 31.5 Å². The minimum Gasteiger partial charge on any atom is -0.355 e. The summed E-state index contributed by atoms with van der Waals surface area (Å²) in [6.45, 7) is 3.51. The predicted molar refractivity (Wildman–Crippen MR) is 92.7 cm³/mol. The first-order valence-electron chi connectivity index (χ1n) is 6.99. The van der Waals surface area contributed by atoms with Crippen LogP contribution in [0.25, 0.3) is 0 Å². The zero-order valence-corrected chi connectivity index (χ0v) is 14.1. The maximum atomic E-state index is 8.78. The van der Waals surface area contributed by atoms with Crippen LogP contribution >= 0.6 is 23.2 Å². The molecule has 1 aromatic carbocycles. The van der Waals surface area contributed by atoms with Crippen LogP contribution in [0.4, 0.5) is 5.69 Å². The van der Waals surface area contributed by atoms with Gasteiger partial charge < -0.3 is 15.2 Å². The van der Waals surface area contributed by atoms with Gasteiger partial charge in [0.05, 0.1) is 16.4 Å². The average Bonchev–Trinajstić information content (AvgIpc) is 2.93. The summed E-state index contributed by atoms with van der Waals surface area (Å²) in [5.74, 6) is 0.369. The molecule has 0 fully saturated rings. The molecule has 0 saturated heterocycles. The molecule has 0 atom stereocenters. The number of hydrogen-bond donors (Lipinski definition) is 2. The van der Waals surface area contributed by atoms with Crippen LogP contribution in [0, 0.1) is 18.4 Å². The van der Waals surface area contributed by atoms with E-state index in [1.807, 2.05) is 13.1 Å². The molecule has 8 heteroatoms. The molecule has 0 unspecified atom stereocenters. The maximum Gasteiger partial charge on any atom is 0.211 e. The highest BCUT2D eigenvalue weighted by Crippen LogP contribution is 2.24. The van der Waals surface area contributed by atoms with Gasteiger partial charge in [-0.2, -0.15) is 5.26 Å². The summed E-state index contributed by atoms with van der Waals surface area (Å²) >= 11 is 11.8. The number of benzene rings is 1. The van der Waals surface area contributed by atoms with Crippen molar-refractivity contribution in [3.63, 3.8) is 0 Å². The van der Waals surface area contributed by atoms with Crippen LogP contribution in [0.2, 0.25) is 10.0 Å². The Morgan fingerprint density at radius 3 is 2.87 bits per heavy atom. The minimum absolute atomic E-state index is 0.369. The zero-order chi connectivity index (χ0) is 16.7. The minimum atomic E-state index is 0.369. The molecule has 2 N–H and O–H groups in total. The second kappa shape index (κ2) is 8.42. The van der Waals surface area contributed by atoms with Gasteiger partial charge in [0.2, 0.25) is 12.2 Å². The lowest BCUT2D eigenvalue weighted by molar-refractivity contribution is 0.619. The Labute approximate surface area is 144 Å². The van der Waals surface area contributed by atoms with E-state index in [1.54, 1.807) is 30.7 Å². The molecule has 23 heavy (non-hydrogen) atoms. The number of guanidine groups is 1. The van der Waals surface area contributed by atoms with Crippen molar-refractivity contribution in [3.05, 3.63) is 46.5 Å². The van der Waals surface area contributed by atoms with Crippen LogP contribution in [0.15, 0.2) is 35.7 Å². The highest BCUT2D eigenvalue weighted by molar-refractivity contribution is 6.42. The average molecular weight is 351 g/mol. The molecular formula is C15H16Cl2N6. The zero-order valence-electron chi connectivity index (χ0n) is 12.6. The van der Waals surface area contributed by atoms with Gasteiger partial charge in [-0.3, -0.25) is 0 Å². The molecule has 0 aliphatic heterocycles. The highest BCUT2D eigenvalue weighted by Gasteiger charge is 2.03. The number of imidazole rings is 1. The number of halogens is 2. The van der Waals surface area contributed by atoms with Crippen LogP contribution in [0.3, 0.4) is 0 Å². The maximum absolute atomic E-state index is 8.78. The van der Waals surface area contributed by atoms with Crippen molar-refractivity contribution >= 4 is 34.8 Å². The standard InChI is InChI=1S/C15H16Cl2N6/c1-11-8-19-10-23(11)6-2-5-20-15(21-9-18)22-12-3-4-13(16)14(17)7-12/h3-4,7-8,10H,2,5-6H2,1H3,(H2,20,21,22). The smallest absolute Gasteiger partial charge is 0.211 e. The fraction of sp³-hybridized carbons (Fsp3) is 0.267. The Hall–Kier alpha value is -2.23. The van der Waals surface area contributed by atoms with Gasteiger partial charge in [0.15, 0.2) is 0 Å². The molecule has 1 aromatic heterocycles. The second-order valence-corrected chi connectivity index (χ2v) is 5.64. The van der Waals surface area contributed by atoms with E-state index < -0.39 is 0 Å². The summed E-state index contributed by atoms with van der Waals surface area (Å²) in [6, 6.07) is 5.11. The van der Waals surface area contributed by atoms with Gasteiger partial charge >= 0.3 is 0 Å². The molecule has 0 amide bonds. The number of aromatic nitrogens is 2. The van der Waals surface area contributed by atoms with Crippen molar-refractivity contribution in [1.82, 2.24) is 14.9 Å². The SMILES string of the molecule is Cc1cncn1CCCN/C(=N\C#N)Nc1ccc(Cl)c(Cl)c1. The van der Waals surface area contributed by atoms with E-state index in [1.165, 1.54) is 0 Å². The van der Waals surface area contributed by atoms with Crippen molar-refractivity contribution in [2.75, 3.05) is 11.9 Å². The van der Waals surface area contributed by atoms with Crippen LogP contribution in [-0.2, 0) is 6.54 Å². The van der Waals surface area contributed by atoms with E-state index >= 15 is 0 Å². The molecule has 2 aromatic rings. The van der Waals surface area contributed by atoms with Crippen LogP contribution in [0.5, 0.6) is 0 Å². The number of aryl methyl sites for hydroxylation is 2.